The predicted octanol–water partition coefficient (Wildman–Crippen LogP) is 0.924. The van der Waals surface area contributed by atoms with Crippen molar-refractivity contribution in [3.05, 3.63) is 10.4 Å². The normalized spacial score (nSPS) is 45.1. The van der Waals surface area contributed by atoms with Crippen LogP contribution in [0.2, 0.25) is 0 Å². The number of fused-ring (bicyclic) bond motifs is 1. The van der Waals surface area contributed by atoms with Crippen molar-refractivity contribution in [3.63, 3.8) is 0 Å². The van der Waals surface area contributed by atoms with Gasteiger partial charge < -0.3 is 19.3 Å². The molecule has 2 fully saturated rings. The summed E-state index contributed by atoms with van der Waals surface area (Å²) in [4.78, 5) is 2.66. The van der Waals surface area contributed by atoms with Crippen molar-refractivity contribution >= 4 is 0 Å². The second-order valence-corrected chi connectivity index (χ2v) is 4.65. The Morgan fingerprint density at radius 3 is 2.62 bits per heavy atom. The molecule has 2 aliphatic rings. The molecule has 0 spiro atoms. The van der Waals surface area contributed by atoms with Crippen LogP contribution in [0.15, 0.2) is 5.11 Å². The van der Waals surface area contributed by atoms with Gasteiger partial charge in [-0.2, -0.15) is 0 Å². The molecule has 90 valence electrons. The van der Waals surface area contributed by atoms with E-state index in [0.29, 0.717) is 0 Å². The summed E-state index contributed by atoms with van der Waals surface area (Å²) >= 11 is 0. The fraction of sp³-hybridized carbons (Fsp3) is 1.00. The van der Waals surface area contributed by atoms with E-state index in [9.17, 15) is 5.11 Å². The molecule has 0 saturated carbocycles. The number of hydrogen-bond acceptors (Lipinski definition) is 5. The Balaban J connectivity index is 2.17. The zero-order valence-electron chi connectivity index (χ0n) is 9.45. The molecule has 0 amide bonds. The van der Waals surface area contributed by atoms with Crippen LogP contribution in [0.4, 0.5) is 0 Å². The van der Waals surface area contributed by atoms with Crippen LogP contribution < -0.4 is 0 Å². The molecular formula is C9H15N3O4. The average molecular weight is 229 g/mol. The topological polar surface area (TPSA) is 96.7 Å². The van der Waals surface area contributed by atoms with E-state index in [2.05, 4.69) is 10.0 Å². The summed E-state index contributed by atoms with van der Waals surface area (Å²) in [5.74, 6) is -2.16. The maximum atomic E-state index is 10.0. The van der Waals surface area contributed by atoms with Gasteiger partial charge in [-0.15, -0.1) is 0 Å². The van der Waals surface area contributed by atoms with Gasteiger partial charge in [-0.05, 0) is 26.3 Å². The average Bonchev–Trinajstić information content (AvgIpc) is 2.58. The highest BCUT2D eigenvalue weighted by molar-refractivity contribution is 5.00. The van der Waals surface area contributed by atoms with E-state index in [1.54, 1.807) is 13.8 Å². The fourth-order valence-electron chi connectivity index (χ4n) is 2.17. The van der Waals surface area contributed by atoms with Crippen molar-refractivity contribution in [3.8, 4) is 0 Å². The maximum absolute atomic E-state index is 10.0. The Morgan fingerprint density at radius 1 is 1.31 bits per heavy atom. The molecule has 0 bridgehead atoms. The van der Waals surface area contributed by atoms with Crippen LogP contribution >= 0.6 is 0 Å². The minimum Gasteiger partial charge on any atom is -0.364 e. The second kappa shape index (κ2) is 3.58. The van der Waals surface area contributed by atoms with Crippen molar-refractivity contribution in [1.29, 1.82) is 0 Å². The second-order valence-electron chi connectivity index (χ2n) is 4.65. The predicted molar refractivity (Wildman–Crippen MR) is 53.3 cm³/mol. The number of aliphatic hydroxyl groups is 1. The van der Waals surface area contributed by atoms with Crippen LogP contribution in [-0.4, -0.2) is 41.5 Å². The summed E-state index contributed by atoms with van der Waals surface area (Å²) < 4.78 is 16.5. The molecule has 2 saturated heterocycles. The van der Waals surface area contributed by atoms with Crippen molar-refractivity contribution < 1.29 is 19.3 Å². The molecule has 7 heteroatoms. The first-order chi connectivity index (χ1) is 7.36. The van der Waals surface area contributed by atoms with E-state index in [-0.39, 0.29) is 6.54 Å². The van der Waals surface area contributed by atoms with Gasteiger partial charge in [0.1, 0.15) is 12.2 Å². The number of azide groups is 1. The summed E-state index contributed by atoms with van der Waals surface area (Å²) in [5.41, 5.74) is 8.27. The molecule has 4 atom stereocenters. The Morgan fingerprint density at radius 2 is 2.00 bits per heavy atom. The minimum absolute atomic E-state index is 0.118. The Hall–Kier alpha value is -0.850. The van der Waals surface area contributed by atoms with Gasteiger partial charge in [0.15, 0.2) is 11.6 Å². The highest BCUT2D eigenvalue weighted by Gasteiger charge is 2.60. The highest BCUT2D eigenvalue weighted by atomic mass is 16.8. The first kappa shape index (κ1) is 11.6. The lowest BCUT2D eigenvalue weighted by atomic mass is 10.1. The zero-order valence-corrected chi connectivity index (χ0v) is 9.45. The molecule has 0 aromatic rings. The first-order valence-electron chi connectivity index (χ1n) is 5.12. The maximum Gasteiger partial charge on any atom is 0.192 e. The van der Waals surface area contributed by atoms with Crippen molar-refractivity contribution in [1.82, 2.24) is 0 Å². The number of ether oxygens (including phenoxy) is 3. The van der Waals surface area contributed by atoms with E-state index in [1.807, 2.05) is 0 Å². The lowest BCUT2D eigenvalue weighted by molar-refractivity contribution is -0.264. The summed E-state index contributed by atoms with van der Waals surface area (Å²) in [6.07, 6.45) is -1.44. The van der Waals surface area contributed by atoms with Crippen LogP contribution in [0.25, 0.3) is 10.4 Å². The standard InChI is InChI=1S/C9H15N3O4/c1-8(2)15-6-5(4-11-12-10)14-9(3,13)7(6)16-8/h5-7,13H,4H2,1-3H3/t5-,6+,7+,9?/m0/s1. The Labute approximate surface area is 92.9 Å². The zero-order chi connectivity index (χ0) is 12.0. The van der Waals surface area contributed by atoms with E-state index in [0.717, 1.165) is 0 Å². The molecule has 0 radical (unpaired) electrons. The molecule has 0 aliphatic carbocycles. The Bertz CT molecular complexity index is 338. The third-order valence-corrected chi connectivity index (χ3v) is 2.74. The first-order valence-corrected chi connectivity index (χ1v) is 5.12. The van der Waals surface area contributed by atoms with Gasteiger partial charge in [-0.25, -0.2) is 0 Å². The lowest BCUT2D eigenvalue weighted by Gasteiger charge is -2.26. The SMILES string of the molecule is CC1(C)O[C@@H]2[C@H](CN=[N+]=[N-])OC(C)(O)[C@@H]2O1. The molecule has 2 aliphatic heterocycles. The van der Waals surface area contributed by atoms with Crippen LogP contribution in [0, 0.1) is 0 Å². The molecule has 0 aromatic heterocycles. The van der Waals surface area contributed by atoms with E-state index >= 15 is 0 Å². The number of rotatable bonds is 2. The van der Waals surface area contributed by atoms with Crippen LogP contribution in [0.5, 0.6) is 0 Å². The van der Waals surface area contributed by atoms with Gasteiger partial charge >= 0.3 is 0 Å². The molecule has 16 heavy (non-hydrogen) atoms. The summed E-state index contributed by atoms with van der Waals surface area (Å²) in [5, 5.41) is 13.4. The summed E-state index contributed by atoms with van der Waals surface area (Å²) in [6.45, 7) is 5.18. The molecule has 2 rings (SSSR count). The van der Waals surface area contributed by atoms with Gasteiger partial charge in [0.25, 0.3) is 0 Å². The van der Waals surface area contributed by atoms with Gasteiger partial charge in [0.05, 0.1) is 12.6 Å². The van der Waals surface area contributed by atoms with Crippen LogP contribution in [0.3, 0.4) is 0 Å². The van der Waals surface area contributed by atoms with Crippen LogP contribution in [-0.2, 0) is 14.2 Å². The highest BCUT2D eigenvalue weighted by Crippen LogP contribution is 2.42. The number of nitrogens with zero attached hydrogens (tertiary/aromatic N) is 3. The third-order valence-electron chi connectivity index (χ3n) is 2.74. The van der Waals surface area contributed by atoms with Gasteiger partial charge in [0.2, 0.25) is 0 Å². The fourth-order valence-corrected chi connectivity index (χ4v) is 2.17. The van der Waals surface area contributed by atoms with E-state index in [4.69, 9.17) is 19.7 Å². The minimum atomic E-state index is -1.41. The van der Waals surface area contributed by atoms with Gasteiger partial charge in [-0.1, -0.05) is 5.11 Å². The molecule has 0 aromatic carbocycles. The molecule has 7 nitrogen and oxygen atoms in total. The van der Waals surface area contributed by atoms with Crippen molar-refractivity contribution in [2.24, 2.45) is 5.11 Å². The third kappa shape index (κ3) is 1.88. The van der Waals surface area contributed by atoms with E-state index in [1.165, 1.54) is 6.92 Å². The Kier molecular flexibility index (Phi) is 2.60. The number of hydrogen-bond donors (Lipinski definition) is 1. The van der Waals surface area contributed by atoms with E-state index < -0.39 is 29.9 Å². The van der Waals surface area contributed by atoms with Crippen LogP contribution in [0.1, 0.15) is 20.8 Å². The molecule has 1 unspecified atom stereocenters. The molecule has 2 heterocycles. The largest absolute Gasteiger partial charge is 0.364 e. The quantitative estimate of drug-likeness (QED) is 0.432. The molecular weight excluding hydrogens is 214 g/mol. The van der Waals surface area contributed by atoms with Crippen molar-refractivity contribution in [2.75, 3.05) is 6.54 Å². The van der Waals surface area contributed by atoms with Gasteiger partial charge in [0, 0.05) is 4.91 Å². The monoisotopic (exact) mass is 229 g/mol. The summed E-state index contributed by atoms with van der Waals surface area (Å²) in [7, 11) is 0. The summed E-state index contributed by atoms with van der Waals surface area (Å²) in [6, 6.07) is 0. The van der Waals surface area contributed by atoms with Gasteiger partial charge in [-0.3, -0.25) is 0 Å². The smallest absolute Gasteiger partial charge is 0.192 e. The molecule has 1 N–H and O–H groups in total. The van der Waals surface area contributed by atoms with Crippen molar-refractivity contribution in [2.45, 2.75) is 50.7 Å². The lowest BCUT2D eigenvalue weighted by Crippen LogP contribution is -2.40.